The summed E-state index contributed by atoms with van der Waals surface area (Å²) in [7, 11) is 0. The third-order valence-electron chi connectivity index (χ3n) is 3.00. The number of hydrogen-bond acceptors (Lipinski definition) is 1. The number of hydrogen-bond donors (Lipinski definition) is 0. The topological polar surface area (TPSA) is 20.3 Å². The molecule has 0 radical (unpaired) electrons. The van der Waals surface area contributed by atoms with Crippen LogP contribution in [0.15, 0.2) is 18.2 Å². The summed E-state index contributed by atoms with van der Waals surface area (Å²) in [4.78, 5) is 13.8. The Morgan fingerprint density at radius 1 is 1.25 bits per heavy atom. The highest BCUT2D eigenvalue weighted by Crippen LogP contribution is 2.16. The molecule has 1 fully saturated rings. The highest BCUT2D eigenvalue weighted by atomic mass is 19.1. The Hall–Kier alpha value is -1.38. The van der Waals surface area contributed by atoms with E-state index in [0.29, 0.717) is 0 Å². The summed E-state index contributed by atoms with van der Waals surface area (Å²) in [5.74, 6) is -0.581. The second-order valence-electron chi connectivity index (χ2n) is 4.34. The van der Waals surface area contributed by atoms with E-state index in [1.807, 2.05) is 6.92 Å². The standard InChI is InChI=1S/C13H16FNO/c1-10-5-6-12(14)11(9-10)13(16)15-7-3-2-4-8-15/h5-6,9H,2-4,7-8H2,1H3. The van der Waals surface area contributed by atoms with Crippen LogP contribution >= 0.6 is 0 Å². The predicted molar refractivity (Wildman–Crippen MR) is 60.9 cm³/mol. The molecule has 0 unspecified atom stereocenters. The molecule has 0 bridgehead atoms. The van der Waals surface area contributed by atoms with Gasteiger partial charge in [0, 0.05) is 13.1 Å². The van der Waals surface area contributed by atoms with Gasteiger partial charge in [0.05, 0.1) is 5.56 Å². The first-order chi connectivity index (χ1) is 7.68. The van der Waals surface area contributed by atoms with E-state index in [-0.39, 0.29) is 11.5 Å². The van der Waals surface area contributed by atoms with Gasteiger partial charge in [0.2, 0.25) is 0 Å². The Labute approximate surface area is 95.1 Å². The maximum absolute atomic E-state index is 13.5. The SMILES string of the molecule is Cc1ccc(F)c(C(=O)N2CCCCC2)c1. The van der Waals surface area contributed by atoms with Crippen molar-refractivity contribution in [1.29, 1.82) is 0 Å². The average Bonchev–Trinajstić information content (AvgIpc) is 2.32. The van der Waals surface area contributed by atoms with Gasteiger partial charge in [-0.15, -0.1) is 0 Å². The minimum absolute atomic E-state index is 0.166. The minimum Gasteiger partial charge on any atom is -0.339 e. The van der Waals surface area contributed by atoms with E-state index < -0.39 is 5.82 Å². The molecule has 2 rings (SSSR count). The lowest BCUT2D eigenvalue weighted by Gasteiger charge is -2.26. The normalized spacial score (nSPS) is 16.2. The van der Waals surface area contributed by atoms with Crippen LogP contribution in [-0.2, 0) is 0 Å². The van der Waals surface area contributed by atoms with Gasteiger partial charge in [-0.05, 0) is 38.3 Å². The van der Waals surface area contributed by atoms with Gasteiger partial charge >= 0.3 is 0 Å². The fourth-order valence-electron chi connectivity index (χ4n) is 2.07. The molecule has 1 aromatic rings. The van der Waals surface area contributed by atoms with E-state index in [1.54, 1.807) is 17.0 Å². The first-order valence-corrected chi connectivity index (χ1v) is 5.74. The van der Waals surface area contributed by atoms with Crippen molar-refractivity contribution in [2.24, 2.45) is 0 Å². The fourth-order valence-corrected chi connectivity index (χ4v) is 2.07. The number of carbonyl (C=O) groups is 1. The maximum Gasteiger partial charge on any atom is 0.256 e. The summed E-state index contributed by atoms with van der Waals surface area (Å²) in [6.07, 6.45) is 3.22. The van der Waals surface area contributed by atoms with Crippen molar-refractivity contribution in [3.05, 3.63) is 35.1 Å². The van der Waals surface area contributed by atoms with Crippen molar-refractivity contribution >= 4 is 5.91 Å². The molecule has 1 aliphatic rings. The number of rotatable bonds is 1. The molecule has 0 atom stereocenters. The van der Waals surface area contributed by atoms with Crippen LogP contribution < -0.4 is 0 Å². The molecule has 1 aliphatic heterocycles. The predicted octanol–water partition coefficient (Wildman–Crippen LogP) is 2.76. The second kappa shape index (κ2) is 4.64. The Kier molecular flexibility index (Phi) is 3.22. The Morgan fingerprint density at radius 3 is 2.62 bits per heavy atom. The van der Waals surface area contributed by atoms with Crippen molar-refractivity contribution in [3.63, 3.8) is 0 Å². The highest BCUT2D eigenvalue weighted by molar-refractivity contribution is 5.94. The van der Waals surface area contributed by atoms with E-state index in [0.717, 1.165) is 31.5 Å². The van der Waals surface area contributed by atoms with Crippen LogP contribution in [-0.4, -0.2) is 23.9 Å². The first-order valence-electron chi connectivity index (χ1n) is 5.74. The number of nitrogens with zero attached hydrogens (tertiary/aromatic N) is 1. The minimum atomic E-state index is -0.416. The average molecular weight is 221 g/mol. The van der Waals surface area contributed by atoms with Gasteiger partial charge in [0.15, 0.2) is 0 Å². The molecule has 1 heterocycles. The van der Waals surface area contributed by atoms with Crippen LogP contribution in [0.4, 0.5) is 4.39 Å². The van der Waals surface area contributed by atoms with Gasteiger partial charge in [0.1, 0.15) is 5.82 Å². The zero-order valence-electron chi connectivity index (χ0n) is 9.50. The van der Waals surface area contributed by atoms with Crippen molar-refractivity contribution in [2.45, 2.75) is 26.2 Å². The van der Waals surface area contributed by atoms with Gasteiger partial charge in [-0.2, -0.15) is 0 Å². The molecule has 86 valence electrons. The fraction of sp³-hybridized carbons (Fsp3) is 0.462. The molecule has 1 saturated heterocycles. The number of benzene rings is 1. The number of likely N-dealkylation sites (tertiary alicyclic amines) is 1. The molecule has 2 nitrogen and oxygen atoms in total. The van der Waals surface area contributed by atoms with Crippen LogP contribution in [0.25, 0.3) is 0 Å². The number of piperidine rings is 1. The molecular weight excluding hydrogens is 205 g/mol. The van der Waals surface area contributed by atoms with E-state index in [9.17, 15) is 9.18 Å². The Bertz CT molecular complexity index is 397. The summed E-state index contributed by atoms with van der Waals surface area (Å²) in [5, 5.41) is 0. The van der Waals surface area contributed by atoms with E-state index in [1.165, 1.54) is 12.5 Å². The molecule has 1 amide bonds. The molecule has 0 aliphatic carbocycles. The molecule has 3 heteroatoms. The molecule has 0 spiro atoms. The smallest absolute Gasteiger partial charge is 0.256 e. The van der Waals surface area contributed by atoms with Crippen LogP contribution in [0.3, 0.4) is 0 Å². The van der Waals surface area contributed by atoms with Gasteiger partial charge in [-0.3, -0.25) is 4.79 Å². The lowest BCUT2D eigenvalue weighted by atomic mass is 10.1. The summed E-state index contributed by atoms with van der Waals surface area (Å²) in [6, 6.07) is 4.68. The zero-order valence-corrected chi connectivity index (χ0v) is 9.50. The van der Waals surface area contributed by atoms with Gasteiger partial charge in [-0.25, -0.2) is 4.39 Å². The van der Waals surface area contributed by atoms with E-state index >= 15 is 0 Å². The lowest BCUT2D eigenvalue weighted by Crippen LogP contribution is -2.36. The van der Waals surface area contributed by atoms with E-state index in [2.05, 4.69) is 0 Å². The maximum atomic E-state index is 13.5. The van der Waals surface area contributed by atoms with E-state index in [4.69, 9.17) is 0 Å². The molecule has 0 N–H and O–H groups in total. The zero-order chi connectivity index (χ0) is 11.5. The molecule has 0 saturated carbocycles. The summed E-state index contributed by atoms with van der Waals surface area (Å²) < 4.78 is 13.5. The lowest BCUT2D eigenvalue weighted by molar-refractivity contribution is 0.0719. The summed E-state index contributed by atoms with van der Waals surface area (Å²) >= 11 is 0. The molecule has 1 aromatic carbocycles. The highest BCUT2D eigenvalue weighted by Gasteiger charge is 2.20. The summed E-state index contributed by atoms with van der Waals surface area (Å²) in [5.41, 5.74) is 1.13. The number of amides is 1. The van der Waals surface area contributed by atoms with Gasteiger partial charge < -0.3 is 4.90 Å². The third-order valence-corrected chi connectivity index (χ3v) is 3.00. The monoisotopic (exact) mass is 221 g/mol. The number of halogens is 1. The van der Waals surface area contributed by atoms with Crippen molar-refractivity contribution < 1.29 is 9.18 Å². The van der Waals surface area contributed by atoms with Crippen LogP contribution in [0.5, 0.6) is 0 Å². The number of aryl methyl sites for hydroxylation is 1. The third kappa shape index (κ3) is 2.23. The largest absolute Gasteiger partial charge is 0.339 e. The van der Waals surface area contributed by atoms with Gasteiger partial charge in [-0.1, -0.05) is 11.6 Å². The van der Waals surface area contributed by atoms with Crippen LogP contribution in [0.2, 0.25) is 0 Å². The molecule has 0 aromatic heterocycles. The second-order valence-corrected chi connectivity index (χ2v) is 4.34. The molecular formula is C13H16FNO. The van der Waals surface area contributed by atoms with Gasteiger partial charge in [0.25, 0.3) is 5.91 Å². The van der Waals surface area contributed by atoms with Crippen molar-refractivity contribution in [1.82, 2.24) is 4.90 Å². The molecule has 16 heavy (non-hydrogen) atoms. The van der Waals surface area contributed by atoms with Crippen LogP contribution in [0, 0.1) is 12.7 Å². The summed E-state index contributed by atoms with van der Waals surface area (Å²) in [6.45, 7) is 3.38. The first kappa shape index (κ1) is 11.1. The quantitative estimate of drug-likeness (QED) is 0.714. The van der Waals surface area contributed by atoms with Crippen molar-refractivity contribution in [2.75, 3.05) is 13.1 Å². The van der Waals surface area contributed by atoms with Crippen molar-refractivity contribution in [3.8, 4) is 0 Å². The Morgan fingerprint density at radius 2 is 1.94 bits per heavy atom. The number of carbonyl (C=O) groups excluding carboxylic acids is 1. The van der Waals surface area contributed by atoms with Crippen LogP contribution in [0.1, 0.15) is 35.2 Å². The Balaban J connectivity index is 2.22.